The van der Waals surface area contributed by atoms with E-state index in [0.29, 0.717) is 0 Å². The van der Waals surface area contributed by atoms with E-state index < -0.39 is 9.84 Å². The van der Waals surface area contributed by atoms with Gasteiger partial charge in [-0.25, -0.2) is 8.42 Å². The molecule has 27 heavy (non-hydrogen) atoms. The van der Waals surface area contributed by atoms with Crippen LogP contribution in [0.25, 0.3) is 12.2 Å². The number of rotatable bonds is 6. The van der Waals surface area contributed by atoms with Crippen molar-refractivity contribution in [2.75, 3.05) is 26.1 Å². The summed E-state index contributed by atoms with van der Waals surface area (Å²) < 4.78 is 36.7. The van der Waals surface area contributed by atoms with Gasteiger partial charge in [-0.15, -0.1) is 0 Å². The number of ether oxygens (including phenoxy) is 1. The third-order valence-corrected chi connectivity index (χ3v) is 5.51. The van der Waals surface area contributed by atoms with E-state index in [1.807, 2.05) is 24.3 Å². The van der Waals surface area contributed by atoms with Crippen LogP contribution in [-0.2, 0) is 9.84 Å². The first-order valence-electron chi connectivity index (χ1n) is 8.22. The van der Waals surface area contributed by atoms with E-state index in [1.165, 1.54) is 12.1 Å². The lowest BCUT2D eigenvalue weighted by Crippen LogP contribution is -2.13. The molecular weight excluding hydrogens is 364 g/mol. The molecule has 140 valence electrons. The second-order valence-electron chi connectivity index (χ2n) is 5.98. The molecule has 3 rings (SSSR count). The molecule has 0 saturated heterocycles. The van der Waals surface area contributed by atoms with Crippen molar-refractivity contribution in [3.8, 4) is 5.75 Å². The van der Waals surface area contributed by atoms with Crippen LogP contribution in [0.3, 0.4) is 0 Å². The minimum Gasteiger partial charge on any atom is -0.497 e. The number of anilines is 1. The van der Waals surface area contributed by atoms with Gasteiger partial charge in [0.2, 0.25) is 26.6 Å². The lowest BCUT2D eigenvalue weighted by Gasteiger charge is -2.09. The number of benzene rings is 2. The number of hydrogen-bond acceptors (Lipinski definition) is 6. The molecule has 1 aromatic heterocycles. The quantitative estimate of drug-likeness (QED) is 0.644. The van der Waals surface area contributed by atoms with Crippen molar-refractivity contribution < 1.29 is 17.6 Å². The lowest BCUT2D eigenvalue weighted by molar-refractivity contribution is 0.415. The van der Waals surface area contributed by atoms with Crippen LogP contribution in [0.2, 0.25) is 0 Å². The third kappa shape index (κ3) is 4.03. The van der Waals surface area contributed by atoms with Crippen LogP contribution in [0.15, 0.2) is 68.9 Å². The fourth-order valence-corrected chi connectivity index (χ4v) is 3.84. The number of aromatic nitrogens is 1. The molecule has 0 bridgehead atoms. The van der Waals surface area contributed by atoms with E-state index >= 15 is 0 Å². The Bertz CT molecular complexity index is 1040. The van der Waals surface area contributed by atoms with E-state index in [9.17, 15) is 8.42 Å². The number of oxazole rings is 1. The standard InChI is InChI=1S/C20H20N2O4S/c1-22(2)20-19(27(23,24)17-7-5-4-6-8-17)21-18(26-20)14-11-15-9-12-16(25-3)13-10-15/h4-14H,1-3H3/b14-11+. The molecule has 0 unspecified atom stereocenters. The Labute approximate surface area is 158 Å². The summed E-state index contributed by atoms with van der Waals surface area (Å²) in [5.74, 6) is 1.16. The molecule has 2 aromatic carbocycles. The Hall–Kier alpha value is -3.06. The van der Waals surface area contributed by atoms with Gasteiger partial charge in [-0.2, -0.15) is 4.98 Å². The summed E-state index contributed by atoms with van der Waals surface area (Å²) in [6.45, 7) is 0. The smallest absolute Gasteiger partial charge is 0.235 e. The highest BCUT2D eigenvalue weighted by molar-refractivity contribution is 7.91. The first-order valence-corrected chi connectivity index (χ1v) is 9.70. The molecule has 0 fully saturated rings. The van der Waals surface area contributed by atoms with Crippen molar-refractivity contribution in [2.45, 2.75) is 9.92 Å². The van der Waals surface area contributed by atoms with Crippen molar-refractivity contribution in [1.29, 1.82) is 0 Å². The van der Waals surface area contributed by atoms with E-state index in [2.05, 4.69) is 4.98 Å². The minimum atomic E-state index is -3.78. The molecule has 0 spiro atoms. The molecule has 6 nitrogen and oxygen atoms in total. The predicted molar refractivity (Wildman–Crippen MR) is 105 cm³/mol. The Balaban J connectivity index is 1.97. The topological polar surface area (TPSA) is 72.6 Å². The van der Waals surface area contributed by atoms with Crippen LogP contribution in [-0.4, -0.2) is 34.6 Å². The SMILES string of the molecule is COc1ccc(/C=C/c2nc(S(=O)(=O)c3ccccc3)c(N(C)C)o2)cc1. The number of methoxy groups -OCH3 is 1. The van der Waals surface area contributed by atoms with Crippen LogP contribution >= 0.6 is 0 Å². The molecule has 1 heterocycles. The highest BCUT2D eigenvalue weighted by atomic mass is 32.2. The van der Waals surface area contributed by atoms with Gasteiger partial charge in [0.25, 0.3) is 0 Å². The summed E-state index contributed by atoms with van der Waals surface area (Å²) in [6.07, 6.45) is 3.43. The van der Waals surface area contributed by atoms with E-state index in [4.69, 9.17) is 9.15 Å². The van der Waals surface area contributed by atoms with E-state index in [-0.39, 0.29) is 21.7 Å². The highest BCUT2D eigenvalue weighted by Crippen LogP contribution is 2.30. The molecule has 0 N–H and O–H groups in total. The Morgan fingerprint density at radius 3 is 2.26 bits per heavy atom. The molecule has 0 aliphatic rings. The fourth-order valence-electron chi connectivity index (χ4n) is 2.44. The van der Waals surface area contributed by atoms with Gasteiger partial charge in [-0.3, -0.25) is 0 Å². The first kappa shape index (κ1) is 18.7. The van der Waals surface area contributed by atoms with Gasteiger partial charge in [-0.05, 0) is 35.9 Å². The molecule has 7 heteroatoms. The zero-order valence-corrected chi connectivity index (χ0v) is 16.1. The molecular formula is C20H20N2O4S. The highest BCUT2D eigenvalue weighted by Gasteiger charge is 2.28. The normalized spacial score (nSPS) is 11.7. The van der Waals surface area contributed by atoms with Crippen LogP contribution in [0.4, 0.5) is 5.88 Å². The third-order valence-electron chi connectivity index (χ3n) is 3.84. The van der Waals surface area contributed by atoms with E-state index in [0.717, 1.165) is 11.3 Å². The molecule has 0 saturated carbocycles. The monoisotopic (exact) mass is 384 g/mol. The van der Waals surface area contributed by atoms with Gasteiger partial charge in [0.15, 0.2) is 0 Å². The molecule has 0 radical (unpaired) electrons. The number of sulfone groups is 1. The first-order chi connectivity index (χ1) is 12.9. The van der Waals surface area contributed by atoms with Gasteiger partial charge in [0.1, 0.15) is 5.75 Å². The van der Waals surface area contributed by atoms with Gasteiger partial charge in [0.05, 0.1) is 12.0 Å². The molecule has 0 amide bonds. The average molecular weight is 384 g/mol. The Morgan fingerprint density at radius 1 is 1.00 bits per heavy atom. The Morgan fingerprint density at radius 2 is 1.67 bits per heavy atom. The molecule has 3 aromatic rings. The summed E-state index contributed by atoms with van der Waals surface area (Å²) in [5.41, 5.74) is 0.910. The number of hydrogen-bond donors (Lipinski definition) is 0. The average Bonchev–Trinajstić information content (AvgIpc) is 3.13. The summed E-state index contributed by atoms with van der Waals surface area (Å²) in [7, 11) is 1.24. The molecule has 0 aliphatic heterocycles. The molecule has 0 aliphatic carbocycles. The zero-order chi connectivity index (χ0) is 19.4. The van der Waals surface area contributed by atoms with Gasteiger partial charge < -0.3 is 14.1 Å². The van der Waals surface area contributed by atoms with Crippen molar-refractivity contribution in [3.05, 3.63) is 66.1 Å². The van der Waals surface area contributed by atoms with E-state index in [1.54, 1.807) is 56.5 Å². The van der Waals surface area contributed by atoms with Gasteiger partial charge in [-0.1, -0.05) is 30.3 Å². The van der Waals surface area contributed by atoms with Gasteiger partial charge >= 0.3 is 0 Å². The summed E-state index contributed by atoms with van der Waals surface area (Å²) in [4.78, 5) is 5.98. The Kier molecular flexibility index (Phi) is 5.32. The van der Waals surface area contributed by atoms with Crippen LogP contribution < -0.4 is 9.64 Å². The predicted octanol–water partition coefficient (Wildman–Crippen LogP) is 3.75. The minimum absolute atomic E-state index is 0.104. The second-order valence-corrected chi connectivity index (χ2v) is 7.84. The maximum absolute atomic E-state index is 12.9. The van der Waals surface area contributed by atoms with Crippen molar-refractivity contribution in [3.63, 3.8) is 0 Å². The van der Waals surface area contributed by atoms with Crippen LogP contribution in [0.1, 0.15) is 11.5 Å². The fraction of sp³-hybridized carbons (Fsp3) is 0.150. The summed E-state index contributed by atoms with van der Waals surface area (Å²) in [6, 6.07) is 15.6. The van der Waals surface area contributed by atoms with Gasteiger partial charge in [0, 0.05) is 20.2 Å². The number of nitrogens with zero attached hydrogens (tertiary/aromatic N) is 2. The van der Waals surface area contributed by atoms with Crippen LogP contribution in [0.5, 0.6) is 5.75 Å². The molecule has 0 atom stereocenters. The lowest BCUT2D eigenvalue weighted by atomic mass is 10.2. The van der Waals surface area contributed by atoms with Crippen molar-refractivity contribution >= 4 is 27.9 Å². The van der Waals surface area contributed by atoms with Crippen LogP contribution in [0, 0.1) is 0 Å². The maximum Gasteiger partial charge on any atom is 0.235 e. The summed E-state index contributed by atoms with van der Waals surface area (Å²) >= 11 is 0. The summed E-state index contributed by atoms with van der Waals surface area (Å²) in [5, 5.41) is -0.104. The second kappa shape index (κ2) is 7.67. The largest absolute Gasteiger partial charge is 0.497 e. The zero-order valence-electron chi connectivity index (χ0n) is 15.3. The van der Waals surface area contributed by atoms with Crippen molar-refractivity contribution in [1.82, 2.24) is 4.98 Å². The van der Waals surface area contributed by atoms with Crippen molar-refractivity contribution in [2.24, 2.45) is 0 Å². The maximum atomic E-state index is 12.9.